The topological polar surface area (TPSA) is 20.2 Å². The second-order valence-corrected chi connectivity index (χ2v) is 3.30. The molecule has 0 aliphatic carbocycles. The van der Waals surface area contributed by atoms with E-state index < -0.39 is 0 Å². The normalized spacial score (nSPS) is 10.8. The van der Waals surface area contributed by atoms with Crippen LogP contribution in [0.3, 0.4) is 0 Å². The van der Waals surface area contributed by atoms with Gasteiger partial charge in [0.2, 0.25) is 0 Å². The van der Waals surface area contributed by atoms with Gasteiger partial charge in [-0.1, -0.05) is 46.3 Å². The quantitative estimate of drug-likeness (QED) is 0.786. The fraction of sp³-hybridized carbons (Fsp3) is 0.200. The highest BCUT2D eigenvalue weighted by molar-refractivity contribution is 9.10. The van der Waals surface area contributed by atoms with E-state index in [0.717, 1.165) is 10.9 Å². The van der Waals surface area contributed by atoms with E-state index in [-0.39, 0.29) is 6.61 Å². The fourth-order valence-electron chi connectivity index (χ4n) is 0.949. The number of hydrogen-bond acceptors (Lipinski definition) is 1. The van der Waals surface area contributed by atoms with Crippen molar-refractivity contribution >= 4 is 15.9 Å². The molecule has 1 nitrogen and oxygen atoms in total. The molecule has 64 valence electrons. The van der Waals surface area contributed by atoms with Crippen LogP contribution in [0.25, 0.3) is 0 Å². The molecule has 0 bridgehead atoms. The summed E-state index contributed by atoms with van der Waals surface area (Å²) >= 11 is 3.45. The third kappa shape index (κ3) is 2.80. The van der Waals surface area contributed by atoms with Crippen LogP contribution in [0.1, 0.15) is 5.56 Å². The molecule has 0 heterocycles. The predicted octanol–water partition coefficient (Wildman–Crippen LogP) is 2.54. The van der Waals surface area contributed by atoms with Crippen LogP contribution < -0.4 is 0 Å². The first kappa shape index (κ1) is 9.49. The Labute approximate surface area is 80.9 Å². The fourth-order valence-corrected chi connectivity index (χ4v) is 1.40. The molecule has 0 spiro atoms. The average molecular weight is 227 g/mol. The van der Waals surface area contributed by atoms with E-state index in [2.05, 4.69) is 22.0 Å². The lowest BCUT2D eigenvalue weighted by Crippen LogP contribution is -1.82. The van der Waals surface area contributed by atoms with Gasteiger partial charge in [-0.15, -0.1) is 0 Å². The van der Waals surface area contributed by atoms with Gasteiger partial charge in [0, 0.05) is 4.47 Å². The third-order valence-corrected chi connectivity index (χ3v) is 2.34. The molecule has 0 aliphatic rings. The lowest BCUT2D eigenvalue weighted by atomic mass is 10.1. The monoisotopic (exact) mass is 226 g/mol. The summed E-state index contributed by atoms with van der Waals surface area (Å²) in [6.45, 7) is 0.116. The Morgan fingerprint density at radius 2 is 2.00 bits per heavy atom. The number of benzene rings is 1. The van der Waals surface area contributed by atoms with E-state index in [1.54, 1.807) is 6.08 Å². The first-order valence-electron chi connectivity index (χ1n) is 3.84. The molecule has 0 saturated carbocycles. The number of aliphatic hydroxyl groups is 1. The minimum atomic E-state index is 0.116. The van der Waals surface area contributed by atoms with E-state index in [1.807, 2.05) is 24.3 Å². The molecular weight excluding hydrogens is 216 g/mol. The minimum Gasteiger partial charge on any atom is -0.392 e. The number of halogens is 1. The summed E-state index contributed by atoms with van der Waals surface area (Å²) < 4.78 is 1.12. The molecule has 1 N–H and O–H groups in total. The van der Waals surface area contributed by atoms with Gasteiger partial charge in [0.15, 0.2) is 0 Å². The largest absolute Gasteiger partial charge is 0.392 e. The Kier molecular flexibility index (Phi) is 4.05. The Bertz CT molecular complexity index is 268. The van der Waals surface area contributed by atoms with Gasteiger partial charge < -0.3 is 5.11 Å². The number of aliphatic hydroxyl groups excluding tert-OH is 1. The minimum absolute atomic E-state index is 0.116. The Morgan fingerprint density at radius 1 is 1.25 bits per heavy atom. The molecule has 0 saturated heterocycles. The molecule has 1 aromatic carbocycles. The molecule has 0 aromatic heterocycles. The van der Waals surface area contributed by atoms with Crippen LogP contribution in [0, 0.1) is 0 Å². The number of rotatable bonds is 3. The van der Waals surface area contributed by atoms with Crippen LogP contribution >= 0.6 is 15.9 Å². The summed E-state index contributed by atoms with van der Waals surface area (Å²) in [5.74, 6) is 0. The Balaban J connectivity index is 2.63. The molecule has 0 atom stereocenters. The van der Waals surface area contributed by atoms with Gasteiger partial charge in [0.1, 0.15) is 0 Å². The van der Waals surface area contributed by atoms with Crippen molar-refractivity contribution in [1.29, 1.82) is 0 Å². The van der Waals surface area contributed by atoms with Crippen LogP contribution in [0.5, 0.6) is 0 Å². The zero-order chi connectivity index (χ0) is 8.81. The van der Waals surface area contributed by atoms with Crippen molar-refractivity contribution in [2.24, 2.45) is 0 Å². The van der Waals surface area contributed by atoms with E-state index in [9.17, 15) is 0 Å². The van der Waals surface area contributed by atoms with Crippen LogP contribution in [-0.2, 0) is 6.42 Å². The van der Waals surface area contributed by atoms with Crippen molar-refractivity contribution in [3.63, 3.8) is 0 Å². The van der Waals surface area contributed by atoms with Crippen molar-refractivity contribution in [3.05, 3.63) is 46.5 Å². The van der Waals surface area contributed by atoms with Crippen molar-refractivity contribution < 1.29 is 5.11 Å². The Hall–Kier alpha value is -0.600. The summed E-state index contributed by atoms with van der Waals surface area (Å²) in [5.41, 5.74) is 1.24. The van der Waals surface area contributed by atoms with Crippen LogP contribution in [0.15, 0.2) is 40.9 Å². The first-order chi connectivity index (χ1) is 5.84. The van der Waals surface area contributed by atoms with E-state index in [1.165, 1.54) is 5.56 Å². The molecule has 1 rings (SSSR count). The first-order valence-corrected chi connectivity index (χ1v) is 4.63. The van der Waals surface area contributed by atoms with Crippen LogP contribution in [-0.4, -0.2) is 11.7 Å². The van der Waals surface area contributed by atoms with E-state index in [4.69, 9.17) is 5.11 Å². The summed E-state index contributed by atoms with van der Waals surface area (Å²) in [7, 11) is 0. The maximum absolute atomic E-state index is 8.52. The predicted molar refractivity (Wildman–Crippen MR) is 54.1 cm³/mol. The lowest BCUT2D eigenvalue weighted by Gasteiger charge is -1.98. The molecule has 0 aliphatic heterocycles. The highest BCUT2D eigenvalue weighted by Crippen LogP contribution is 2.16. The summed E-state index contributed by atoms with van der Waals surface area (Å²) in [6, 6.07) is 8.07. The van der Waals surface area contributed by atoms with Crippen molar-refractivity contribution in [2.45, 2.75) is 6.42 Å². The van der Waals surface area contributed by atoms with Crippen LogP contribution in [0.4, 0.5) is 0 Å². The van der Waals surface area contributed by atoms with Crippen molar-refractivity contribution in [3.8, 4) is 0 Å². The second kappa shape index (κ2) is 5.12. The van der Waals surface area contributed by atoms with Crippen molar-refractivity contribution in [2.75, 3.05) is 6.61 Å². The summed E-state index contributed by atoms with van der Waals surface area (Å²) in [4.78, 5) is 0. The smallest absolute Gasteiger partial charge is 0.0612 e. The summed E-state index contributed by atoms with van der Waals surface area (Å²) in [6.07, 6.45) is 4.57. The molecule has 0 amide bonds. The molecule has 1 aromatic rings. The van der Waals surface area contributed by atoms with Gasteiger partial charge in [-0.05, 0) is 18.1 Å². The zero-order valence-corrected chi connectivity index (χ0v) is 8.29. The second-order valence-electron chi connectivity index (χ2n) is 2.45. The summed E-state index contributed by atoms with van der Waals surface area (Å²) in [5, 5.41) is 8.52. The van der Waals surface area contributed by atoms with Gasteiger partial charge in [-0.2, -0.15) is 0 Å². The highest BCUT2D eigenvalue weighted by Gasteiger charge is 1.93. The lowest BCUT2D eigenvalue weighted by molar-refractivity contribution is 0.342. The Morgan fingerprint density at radius 3 is 2.67 bits per heavy atom. The van der Waals surface area contributed by atoms with Gasteiger partial charge in [0.05, 0.1) is 6.61 Å². The van der Waals surface area contributed by atoms with Crippen LogP contribution in [0.2, 0.25) is 0 Å². The molecule has 12 heavy (non-hydrogen) atoms. The standard InChI is InChI=1S/C10H11BrO/c11-10-7-2-1-5-9(10)6-3-4-8-12/h1-5,7,12H,6,8H2/b4-3+. The van der Waals surface area contributed by atoms with Gasteiger partial charge in [-0.3, -0.25) is 0 Å². The third-order valence-electron chi connectivity index (χ3n) is 1.57. The highest BCUT2D eigenvalue weighted by atomic mass is 79.9. The molecule has 0 radical (unpaired) electrons. The molecular formula is C10H11BrO. The molecule has 0 fully saturated rings. The maximum atomic E-state index is 8.52. The average Bonchev–Trinajstić information content (AvgIpc) is 2.09. The van der Waals surface area contributed by atoms with Crippen molar-refractivity contribution in [1.82, 2.24) is 0 Å². The van der Waals surface area contributed by atoms with Gasteiger partial charge >= 0.3 is 0 Å². The zero-order valence-electron chi connectivity index (χ0n) is 6.70. The maximum Gasteiger partial charge on any atom is 0.0612 e. The number of allylic oxidation sites excluding steroid dienone is 1. The SMILES string of the molecule is OC/C=C/Cc1ccccc1Br. The van der Waals surface area contributed by atoms with Gasteiger partial charge in [-0.25, -0.2) is 0 Å². The van der Waals surface area contributed by atoms with Gasteiger partial charge in [0.25, 0.3) is 0 Å². The molecule has 0 unspecified atom stereocenters. The number of hydrogen-bond donors (Lipinski definition) is 1. The molecule has 2 heteroatoms. The van der Waals surface area contributed by atoms with E-state index >= 15 is 0 Å². The van der Waals surface area contributed by atoms with E-state index in [0.29, 0.717) is 0 Å².